The third kappa shape index (κ3) is 6.20. The van der Waals surface area contributed by atoms with Crippen molar-refractivity contribution in [2.75, 3.05) is 18.4 Å². The van der Waals surface area contributed by atoms with Gasteiger partial charge in [0.1, 0.15) is 10.7 Å². The first-order valence-corrected chi connectivity index (χ1v) is 9.26. The molecular formula is C14H24ClN3O2S. The fourth-order valence-corrected chi connectivity index (χ4v) is 3.12. The van der Waals surface area contributed by atoms with Crippen LogP contribution in [0.25, 0.3) is 0 Å². The number of nitrogens with one attached hydrogen (secondary N) is 2. The number of nitrogens with zero attached hydrogens (tertiary/aromatic N) is 1. The molecule has 0 fully saturated rings. The highest BCUT2D eigenvalue weighted by molar-refractivity contribution is 7.89. The third-order valence-corrected chi connectivity index (χ3v) is 4.71. The van der Waals surface area contributed by atoms with E-state index < -0.39 is 10.0 Å². The number of hydrogen-bond donors (Lipinski definition) is 2. The van der Waals surface area contributed by atoms with E-state index in [1.165, 1.54) is 12.3 Å². The number of anilines is 1. The lowest BCUT2D eigenvalue weighted by Gasteiger charge is -2.09. The first-order chi connectivity index (χ1) is 10.0. The Morgan fingerprint density at radius 1 is 1.14 bits per heavy atom. The van der Waals surface area contributed by atoms with Gasteiger partial charge in [-0.25, -0.2) is 18.1 Å². The Morgan fingerprint density at radius 3 is 2.52 bits per heavy atom. The Labute approximate surface area is 132 Å². The Hall–Kier alpha value is -0.850. The minimum atomic E-state index is -3.53. The second-order valence-electron chi connectivity index (χ2n) is 4.89. The van der Waals surface area contributed by atoms with Crippen molar-refractivity contribution in [1.29, 1.82) is 0 Å². The maximum atomic E-state index is 12.1. The molecule has 120 valence electrons. The molecule has 2 N–H and O–H groups in total. The number of unbranched alkanes of at least 4 members (excludes halogenated alkanes) is 3. The standard InChI is InChI=1S/C14H24ClN3O2S/c1-3-5-6-7-9-18-21(19,20)12-10-13(15)14(17-11-12)16-8-4-2/h10-11,18H,3-9H2,1-2H3,(H,16,17). The summed E-state index contributed by atoms with van der Waals surface area (Å²) >= 11 is 6.06. The van der Waals surface area contributed by atoms with E-state index in [2.05, 4.69) is 21.9 Å². The minimum absolute atomic E-state index is 0.102. The second kappa shape index (κ2) is 9.23. The molecule has 5 nitrogen and oxygen atoms in total. The molecule has 0 radical (unpaired) electrons. The summed E-state index contributed by atoms with van der Waals surface area (Å²) in [6.07, 6.45) is 6.38. The number of hydrogen-bond acceptors (Lipinski definition) is 4. The first kappa shape index (κ1) is 18.2. The zero-order chi connectivity index (χ0) is 15.7. The Balaban J connectivity index is 2.64. The van der Waals surface area contributed by atoms with Crippen LogP contribution in [0, 0.1) is 0 Å². The van der Waals surface area contributed by atoms with Crippen molar-refractivity contribution in [3.8, 4) is 0 Å². The summed E-state index contributed by atoms with van der Waals surface area (Å²) < 4.78 is 26.8. The highest BCUT2D eigenvalue weighted by Gasteiger charge is 2.15. The van der Waals surface area contributed by atoms with E-state index in [9.17, 15) is 8.42 Å². The molecule has 0 saturated carbocycles. The molecule has 0 amide bonds. The maximum Gasteiger partial charge on any atom is 0.242 e. The smallest absolute Gasteiger partial charge is 0.242 e. The minimum Gasteiger partial charge on any atom is -0.369 e. The van der Waals surface area contributed by atoms with Gasteiger partial charge in [0.05, 0.1) is 5.02 Å². The van der Waals surface area contributed by atoms with Crippen LogP contribution in [0.3, 0.4) is 0 Å². The normalized spacial score (nSPS) is 11.6. The molecule has 0 spiro atoms. The topological polar surface area (TPSA) is 71.1 Å². The van der Waals surface area contributed by atoms with Crippen molar-refractivity contribution in [1.82, 2.24) is 9.71 Å². The molecule has 1 rings (SSSR count). The summed E-state index contributed by atoms with van der Waals surface area (Å²) in [5, 5.41) is 3.37. The summed E-state index contributed by atoms with van der Waals surface area (Å²) in [6, 6.07) is 1.43. The van der Waals surface area contributed by atoms with Crippen LogP contribution in [0.15, 0.2) is 17.2 Å². The van der Waals surface area contributed by atoms with Crippen molar-refractivity contribution in [3.63, 3.8) is 0 Å². The lowest BCUT2D eigenvalue weighted by atomic mass is 10.2. The maximum absolute atomic E-state index is 12.1. The number of aromatic nitrogens is 1. The molecule has 1 aromatic heterocycles. The molecular weight excluding hydrogens is 310 g/mol. The molecule has 0 aliphatic heterocycles. The van der Waals surface area contributed by atoms with E-state index in [-0.39, 0.29) is 4.90 Å². The van der Waals surface area contributed by atoms with E-state index >= 15 is 0 Å². The van der Waals surface area contributed by atoms with E-state index in [1.54, 1.807) is 0 Å². The molecule has 0 unspecified atom stereocenters. The number of rotatable bonds is 10. The number of pyridine rings is 1. The van der Waals surface area contributed by atoms with Crippen LogP contribution in [-0.4, -0.2) is 26.5 Å². The summed E-state index contributed by atoms with van der Waals surface area (Å²) in [5.74, 6) is 0.514. The SMILES string of the molecule is CCCCCCNS(=O)(=O)c1cnc(NCCC)c(Cl)c1. The second-order valence-corrected chi connectivity index (χ2v) is 7.06. The van der Waals surface area contributed by atoms with Gasteiger partial charge in [0.25, 0.3) is 0 Å². The average Bonchev–Trinajstić information content (AvgIpc) is 2.45. The molecule has 1 aromatic rings. The largest absolute Gasteiger partial charge is 0.369 e. The lowest BCUT2D eigenvalue weighted by molar-refractivity contribution is 0.573. The van der Waals surface area contributed by atoms with Crippen LogP contribution in [0.1, 0.15) is 46.0 Å². The Kier molecular flexibility index (Phi) is 8.00. The van der Waals surface area contributed by atoms with Crippen molar-refractivity contribution in [3.05, 3.63) is 17.3 Å². The van der Waals surface area contributed by atoms with E-state index in [4.69, 9.17) is 11.6 Å². The van der Waals surface area contributed by atoms with Crippen molar-refractivity contribution in [2.24, 2.45) is 0 Å². The monoisotopic (exact) mass is 333 g/mol. The van der Waals surface area contributed by atoms with E-state index in [0.717, 1.165) is 38.6 Å². The van der Waals surface area contributed by atoms with Crippen molar-refractivity contribution < 1.29 is 8.42 Å². The molecule has 0 atom stereocenters. The molecule has 0 aromatic carbocycles. The highest BCUT2D eigenvalue weighted by atomic mass is 35.5. The van der Waals surface area contributed by atoms with Gasteiger partial charge in [-0.2, -0.15) is 0 Å². The molecule has 7 heteroatoms. The molecule has 0 bridgehead atoms. The van der Waals surface area contributed by atoms with Crippen LogP contribution in [0.4, 0.5) is 5.82 Å². The first-order valence-electron chi connectivity index (χ1n) is 7.40. The summed E-state index contributed by atoms with van der Waals surface area (Å²) in [5.41, 5.74) is 0. The van der Waals surface area contributed by atoms with Gasteiger partial charge in [-0.15, -0.1) is 0 Å². The highest BCUT2D eigenvalue weighted by Crippen LogP contribution is 2.22. The van der Waals surface area contributed by atoms with Crippen LogP contribution in [0.5, 0.6) is 0 Å². The third-order valence-electron chi connectivity index (χ3n) is 2.99. The van der Waals surface area contributed by atoms with Crippen LogP contribution in [0.2, 0.25) is 5.02 Å². The predicted molar refractivity (Wildman–Crippen MR) is 87.4 cm³/mol. The van der Waals surface area contributed by atoms with Gasteiger partial charge in [-0.3, -0.25) is 0 Å². The van der Waals surface area contributed by atoms with Gasteiger partial charge in [-0.05, 0) is 18.9 Å². The number of sulfonamides is 1. The van der Waals surface area contributed by atoms with Gasteiger partial charge in [0, 0.05) is 19.3 Å². The fourth-order valence-electron chi connectivity index (χ4n) is 1.78. The molecule has 0 aliphatic carbocycles. The van der Waals surface area contributed by atoms with Gasteiger partial charge < -0.3 is 5.32 Å². The fraction of sp³-hybridized carbons (Fsp3) is 0.643. The summed E-state index contributed by atoms with van der Waals surface area (Å²) in [6.45, 7) is 5.33. The number of halogens is 1. The van der Waals surface area contributed by atoms with Crippen LogP contribution >= 0.6 is 11.6 Å². The molecule has 0 saturated heterocycles. The molecule has 0 aliphatic rings. The Bertz CT molecular complexity index is 535. The molecule has 21 heavy (non-hydrogen) atoms. The predicted octanol–water partition coefficient (Wildman–Crippen LogP) is 3.42. The van der Waals surface area contributed by atoms with Gasteiger partial charge in [-0.1, -0.05) is 44.7 Å². The van der Waals surface area contributed by atoms with Gasteiger partial charge in [0.15, 0.2) is 0 Å². The van der Waals surface area contributed by atoms with Gasteiger partial charge in [0.2, 0.25) is 10.0 Å². The van der Waals surface area contributed by atoms with Crippen LogP contribution < -0.4 is 10.0 Å². The summed E-state index contributed by atoms with van der Waals surface area (Å²) in [4.78, 5) is 4.18. The van der Waals surface area contributed by atoms with Crippen molar-refractivity contribution in [2.45, 2.75) is 50.8 Å². The van der Waals surface area contributed by atoms with Crippen LogP contribution in [-0.2, 0) is 10.0 Å². The average molecular weight is 334 g/mol. The summed E-state index contributed by atoms with van der Waals surface area (Å²) in [7, 11) is -3.53. The van der Waals surface area contributed by atoms with Gasteiger partial charge >= 0.3 is 0 Å². The Morgan fingerprint density at radius 2 is 1.90 bits per heavy atom. The zero-order valence-corrected chi connectivity index (χ0v) is 14.2. The van der Waals surface area contributed by atoms with E-state index in [0.29, 0.717) is 17.4 Å². The lowest BCUT2D eigenvalue weighted by Crippen LogP contribution is -2.25. The van der Waals surface area contributed by atoms with Crippen molar-refractivity contribution >= 4 is 27.4 Å². The zero-order valence-electron chi connectivity index (χ0n) is 12.7. The van der Waals surface area contributed by atoms with E-state index in [1.807, 2.05) is 6.92 Å². The quantitative estimate of drug-likeness (QED) is 0.644. The molecule has 1 heterocycles.